The average molecular weight is 241 g/mol. The summed E-state index contributed by atoms with van der Waals surface area (Å²) in [5, 5.41) is 0. The van der Waals surface area contributed by atoms with E-state index in [1.807, 2.05) is 13.8 Å². The van der Waals surface area contributed by atoms with Crippen molar-refractivity contribution < 1.29 is 0 Å². The molecule has 0 aromatic heterocycles. The summed E-state index contributed by atoms with van der Waals surface area (Å²) in [5.74, 6) is 0.936. The third-order valence-corrected chi connectivity index (χ3v) is 3.93. The van der Waals surface area contributed by atoms with E-state index in [9.17, 15) is 0 Å². The highest BCUT2D eigenvalue weighted by Gasteiger charge is 2.21. The SMILES string of the molecule is CC.NCN1CCC(CN2CCCCC2)CC1. The van der Waals surface area contributed by atoms with E-state index >= 15 is 0 Å². The van der Waals surface area contributed by atoms with E-state index in [1.54, 1.807) is 0 Å². The lowest BCUT2D eigenvalue weighted by atomic mass is 9.95. The molecule has 3 heteroatoms. The molecule has 3 nitrogen and oxygen atoms in total. The van der Waals surface area contributed by atoms with E-state index < -0.39 is 0 Å². The Kier molecular flexibility index (Phi) is 7.82. The molecule has 0 spiro atoms. The molecule has 0 saturated carbocycles. The van der Waals surface area contributed by atoms with Gasteiger partial charge in [-0.15, -0.1) is 0 Å². The normalized spacial score (nSPS) is 24.2. The first-order valence-corrected chi connectivity index (χ1v) is 7.53. The molecular formula is C14H31N3. The number of nitrogens with two attached hydrogens (primary N) is 1. The zero-order chi connectivity index (χ0) is 12.5. The molecule has 2 heterocycles. The van der Waals surface area contributed by atoms with Crippen LogP contribution in [0, 0.1) is 5.92 Å². The fourth-order valence-corrected chi connectivity index (χ4v) is 2.86. The van der Waals surface area contributed by atoms with Gasteiger partial charge in [-0.1, -0.05) is 20.3 Å². The predicted octanol–water partition coefficient (Wildman–Crippen LogP) is 2.13. The second-order valence-corrected chi connectivity index (χ2v) is 5.11. The van der Waals surface area contributed by atoms with Gasteiger partial charge in [-0.05, 0) is 57.8 Å². The van der Waals surface area contributed by atoms with Crippen LogP contribution in [0.25, 0.3) is 0 Å². The van der Waals surface area contributed by atoms with Crippen molar-refractivity contribution in [3.05, 3.63) is 0 Å². The summed E-state index contributed by atoms with van der Waals surface area (Å²) in [4.78, 5) is 5.04. The molecule has 0 aliphatic carbocycles. The van der Waals surface area contributed by atoms with Crippen molar-refractivity contribution in [3.8, 4) is 0 Å². The molecule has 2 fully saturated rings. The Morgan fingerprint density at radius 3 is 2.00 bits per heavy atom. The lowest BCUT2D eigenvalue weighted by Gasteiger charge is -2.35. The van der Waals surface area contributed by atoms with Crippen LogP contribution in [0.2, 0.25) is 0 Å². The van der Waals surface area contributed by atoms with Crippen molar-refractivity contribution >= 4 is 0 Å². The van der Waals surface area contributed by atoms with Crippen LogP contribution >= 0.6 is 0 Å². The van der Waals surface area contributed by atoms with Gasteiger partial charge < -0.3 is 10.6 Å². The van der Waals surface area contributed by atoms with Gasteiger partial charge in [-0.25, -0.2) is 0 Å². The van der Waals surface area contributed by atoms with Gasteiger partial charge in [0.2, 0.25) is 0 Å². The van der Waals surface area contributed by atoms with Crippen LogP contribution in [-0.4, -0.2) is 49.2 Å². The van der Waals surface area contributed by atoms with Crippen molar-refractivity contribution in [2.24, 2.45) is 11.7 Å². The van der Waals surface area contributed by atoms with Crippen molar-refractivity contribution in [3.63, 3.8) is 0 Å². The smallest absolute Gasteiger partial charge is 0.0455 e. The minimum Gasteiger partial charge on any atom is -0.318 e. The van der Waals surface area contributed by atoms with E-state index in [0.717, 1.165) is 12.6 Å². The summed E-state index contributed by atoms with van der Waals surface area (Å²) < 4.78 is 0. The van der Waals surface area contributed by atoms with Gasteiger partial charge in [-0.3, -0.25) is 4.90 Å². The maximum absolute atomic E-state index is 5.65. The third-order valence-electron chi connectivity index (χ3n) is 3.93. The fraction of sp³-hybridized carbons (Fsp3) is 1.00. The Labute approximate surface area is 107 Å². The number of rotatable bonds is 3. The van der Waals surface area contributed by atoms with Gasteiger partial charge in [0, 0.05) is 13.2 Å². The largest absolute Gasteiger partial charge is 0.318 e. The van der Waals surface area contributed by atoms with Crippen LogP contribution < -0.4 is 5.73 Å². The maximum Gasteiger partial charge on any atom is 0.0455 e. The van der Waals surface area contributed by atoms with Crippen molar-refractivity contribution in [2.45, 2.75) is 46.0 Å². The number of piperidine rings is 2. The fourth-order valence-electron chi connectivity index (χ4n) is 2.86. The minimum absolute atomic E-state index is 0.746. The van der Waals surface area contributed by atoms with Crippen LogP contribution in [0.4, 0.5) is 0 Å². The lowest BCUT2D eigenvalue weighted by molar-refractivity contribution is 0.133. The molecule has 102 valence electrons. The van der Waals surface area contributed by atoms with E-state index in [2.05, 4.69) is 9.80 Å². The average Bonchev–Trinajstić information content (AvgIpc) is 2.43. The first kappa shape index (κ1) is 14.9. The second kappa shape index (κ2) is 8.90. The lowest BCUT2D eigenvalue weighted by Crippen LogP contribution is -2.42. The van der Waals surface area contributed by atoms with Crippen molar-refractivity contribution in [1.29, 1.82) is 0 Å². The van der Waals surface area contributed by atoms with E-state index in [1.165, 1.54) is 64.8 Å². The van der Waals surface area contributed by atoms with Crippen molar-refractivity contribution in [2.75, 3.05) is 39.4 Å². The summed E-state index contributed by atoms with van der Waals surface area (Å²) >= 11 is 0. The van der Waals surface area contributed by atoms with Gasteiger partial charge in [0.1, 0.15) is 0 Å². The summed E-state index contributed by atoms with van der Waals surface area (Å²) in [5.41, 5.74) is 5.65. The van der Waals surface area contributed by atoms with Crippen LogP contribution in [0.15, 0.2) is 0 Å². The standard InChI is InChI=1S/C12H25N3.C2H6/c13-11-15-8-4-12(5-9-15)10-14-6-2-1-3-7-14;1-2/h12H,1-11,13H2;1-2H3. The summed E-state index contributed by atoms with van der Waals surface area (Å²) in [7, 11) is 0. The monoisotopic (exact) mass is 241 g/mol. The Balaban J connectivity index is 0.000000686. The number of nitrogens with zero attached hydrogens (tertiary/aromatic N) is 2. The van der Waals surface area contributed by atoms with Gasteiger partial charge in [0.05, 0.1) is 0 Å². The van der Waals surface area contributed by atoms with Crippen molar-refractivity contribution in [1.82, 2.24) is 9.80 Å². The maximum atomic E-state index is 5.65. The molecule has 0 aromatic rings. The molecule has 0 radical (unpaired) electrons. The first-order valence-electron chi connectivity index (χ1n) is 7.53. The predicted molar refractivity (Wildman–Crippen MR) is 75.0 cm³/mol. The third kappa shape index (κ3) is 5.36. The van der Waals surface area contributed by atoms with E-state index in [4.69, 9.17) is 5.73 Å². The van der Waals surface area contributed by atoms with Crippen LogP contribution in [-0.2, 0) is 0 Å². The minimum atomic E-state index is 0.746. The summed E-state index contributed by atoms with van der Waals surface area (Å²) in [6, 6.07) is 0. The molecule has 0 atom stereocenters. The first-order chi connectivity index (χ1) is 8.38. The van der Waals surface area contributed by atoms with Gasteiger partial charge in [0.15, 0.2) is 0 Å². The molecule has 2 saturated heterocycles. The molecule has 17 heavy (non-hydrogen) atoms. The Hall–Kier alpha value is -0.120. The highest BCUT2D eigenvalue weighted by molar-refractivity contribution is 4.75. The number of hydrogen-bond acceptors (Lipinski definition) is 3. The zero-order valence-electron chi connectivity index (χ0n) is 11.8. The topological polar surface area (TPSA) is 32.5 Å². The molecule has 0 bridgehead atoms. The molecule has 2 aliphatic rings. The molecule has 0 amide bonds. The second-order valence-electron chi connectivity index (χ2n) is 5.11. The molecule has 0 unspecified atom stereocenters. The number of hydrogen-bond donors (Lipinski definition) is 1. The summed E-state index contributed by atoms with van der Waals surface area (Å²) in [6.45, 7) is 11.2. The molecule has 2 aliphatic heterocycles. The van der Waals surface area contributed by atoms with Gasteiger partial charge >= 0.3 is 0 Å². The van der Waals surface area contributed by atoms with Gasteiger partial charge in [0.25, 0.3) is 0 Å². The van der Waals surface area contributed by atoms with Gasteiger partial charge in [-0.2, -0.15) is 0 Å². The van der Waals surface area contributed by atoms with Crippen LogP contribution in [0.5, 0.6) is 0 Å². The highest BCUT2D eigenvalue weighted by atomic mass is 15.2. The van der Waals surface area contributed by atoms with Crippen LogP contribution in [0.3, 0.4) is 0 Å². The number of likely N-dealkylation sites (tertiary alicyclic amines) is 2. The quantitative estimate of drug-likeness (QED) is 0.821. The summed E-state index contributed by atoms with van der Waals surface area (Å²) in [6.07, 6.45) is 6.99. The van der Waals surface area contributed by atoms with E-state index in [0.29, 0.717) is 0 Å². The highest BCUT2D eigenvalue weighted by Crippen LogP contribution is 2.19. The van der Waals surface area contributed by atoms with Crippen LogP contribution in [0.1, 0.15) is 46.0 Å². The molecule has 2 N–H and O–H groups in total. The Bertz CT molecular complexity index is 170. The molecule has 0 aromatic carbocycles. The Morgan fingerprint density at radius 2 is 1.47 bits per heavy atom. The van der Waals surface area contributed by atoms with E-state index in [-0.39, 0.29) is 0 Å². The molecule has 2 rings (SSSR count). The zero-order valence-corrected chi connectivity index (χ0v) is 11.8. The molecular weight excluding hydrogens is 210 g/mol. The Morgan fingerprint density at radius 1 is 0.882 bits per heavy atom.